The smallest absolute Gasteiger partial charge is 0.410 e. The molecule has 2 N–H and O–H groups in total. The highest BCUT2D eigenvalue weighted by atomic mass is 127. The Morgan fingerprint density at radius 1 is 1.16 bits per heavy atom. The van der Waals surface area contributed by atoms with Crippen LogP contribution < -0.4 is 5.73 Å². The second-order valence-electron chi connectivity index (χ2n) is 9.82. The van der Waals surface area contributed by atoms with Crippen LogP contribution in [0, 0.1) is 3.57 Å². The van der Waals surface area contributed by atoms with Gasteiger partial charge in [-0.3, -0.25) is 4.90 Å². The molecule has 1 saturated carbocycles. The predicted octanol–water partition coefficient (Wildman–Crippen LogP) is 4.04. The number of carbonyl (C=O) groups excluding carboxylic acids is 1. The van der Waals surface area contributed by atoms with E-state index in [1.807, 2.05) is 25.7 Å². The molecular formula is C22H33IN6O2. The highest BCUT2D eigenvalue weighted by Gasteiger charge is 2.35. The first kappa shape index (κ1) is 22.6. The minimum atomic E-state index is -0.456. The lowest BCUT2D eigenvalue weighted by atomic mass is 9.89. The van der Waals surface area contributed by atoms with Crippen LogP contribution in [-0.2, 0) is 4.74 Å². The van der Waals surface area contributed by atoms with Crippen molar-refractivity contribution in [3.63, 3.8) is 0 Å². The van der Waals surface area contributed by atoms with E-state index in [1.165, 1.54) is 0 Å². The standard InChI is InChI=1S/C22H33IN6O2/c1-14-11-27(9-10-28(14)21(30)31-22(2,3)4)15-5-7-16(8-6-15)29-12-17(23)18-19(24)25-13-26-20(18)29/h12-16H,5-11H2,1-4H3,(H2,24,25,26)/t14-,15?,16?/m0/s1. The van der Waals surface area contributed by atoms with Crippen LogP contribution in [0.5, 0.6) is 0 Å². The van der Waals surface area contributed by atoms with E-state index < -0.39 is 5.60 Å². The average molecular weight is 540 g/mol. The summed E-state index contributed by atoms with van der Waals surface area (Å²) in [5.74, 6) is 0.554. The molecule has 2 aromatic rings. The van der Waals surface area contributed by atoms with Gasteiger partial charge in [0.05, 0.1) is 5.39 Å². The molecule has 0 spiro atoms. The van der Waals surface area contributed by atoms with E-state index in [0.717, 1.165) is 59.9 Å². The molecule has 31 heavy (non-hydrogen) atoms. The van der Waals surface area contributed by atoms with E-state index >= 15 is 0 Å². The Bertz CT molecular complexity index is 947. The van der Waals surface area contributed by atoms with Crippen molar-refractivity contribution in [2.75, 3.05) is 25.4 Å². The molecule has 0 radical (unpaired) electrons. The summed E-state index contributed by atoms with van der Waals surface area (Å²) in [6.45, 7) is 10.4. The van der Waals surface area contributed by atoms with Crippen LogP contribution in [0.1, 0.15) is 59.4 Å². The summed E-state index contributed by atoms with van der Waals surface area (Å²) >= 11 is 2.33. The number of halogens is 1. The molecule has 1 atom stereocenters. The fraction of sp³-hybridized carbons (Fsp3) is 0.682. The van der Waals surface area contributed by atoms with Gasteiger partial charge in [-0.15, -0.1) is 0 Å². The Morgan fingerprint density at radius 3 is 2.48 bits per heavy atom. The maximum atomic E-state index is 12.5. The van der Waals surface area contributed by atoms with Crippen molar-refractivity contribution in [2.24, 2.45) is 0 Å². The van der Waals surface area contributed by atoms with Crippen LogP contribution in [0.3, 0.4) is 0 Å². The normalized spacial score (nSPS) is 25.7. The Morgan fingerprint density at radius 2 is 1.84 bits per heavy atom. The molecule has 1 aliphatic carbocycles. The number of nitrogen functional groups attached to an aromatic ring is 1. The zero-order valence-corrected chi connectivity index (χ0v) is 21.0. The maximum absolute atomic E-state index is 12.5. The highest BCUT2D eigenvalue weighted by Crippen LogP contribution is 2.36. The first-order valence-electron chi connectivity index (χ1n) is 11.1. The van der Waals surface area contributed by atoms with Gasteiger partial charge in [0.1, 0.15) is 23.4 Å². The third kappa shape index (κ3) is 4.76. The number of anilines is 1. The fourth-order valence-electron chi connectivity index (χ4n) is 4.95. The van der Waals surface area contributed by atoms with Crippen LogP contribution in [0.25, 0.3) is 11.0 Å². The summed E-state index contributed by atoms with van der Waals surface area (Å²) in [5, 5.41) is 0.970. The first-order chi connectivity index (χ1) is 14.6. The van der Waals surface area contributed by atoms with Crippen molar-refractivity contribution in [1.29, 1.82) is 0 Å². The Labute approximate surface area is 197 Å². The number of hydrogen-bond acceptors (Lipinski definition) is 6. The molecular weight excluding hydrogens is 507 g/mol. The van der Waals surface area contributed by atoms with Crippen LogP contribution >= 0.6 is 22.6 Å². The minimum absolute atomic E-state index is 0.163. The lowest BCUT2D eigenvalue weighted by Gasteiger charge is -2.45. The number of piperazine rings is 1. The van der Waals surface area contributed by atoms with Crippen LogP contribution in [0.2, 0.25) is 0 Å². The van der Waals surface area contributed by atoms with Crippen molar-refractivity contribution in [3.05, 3.63) is 16.1 Å². The van der Waals surface area contributed by atoms with Gasteiger partial charge >= 0.3 is 6.09 Å². The van der Waals surface area contributed by atoms with E-state index in [9.17, 15) is 4.79 Å². The molecule has 0 unspecified atom stereocenters. The summed E-state index contributed by atoms with van der Waals surface area (Å²) in [5.41, 5.74) is 6.57. The van der Waals surface area contributed by atoms with Crippen molar-refractivity contribution in [2.45, 2.75) is 77.1 Å². The number of hydrogen-bond donors (Lipinski definition) is 1. The molecule has 4 rings (SSSR count). The second-order valence-corrected chi connectivity index (χ2v) is 11.0. The predicted molar refractivity (Wildman–Crippen MR) is 130 cm³/mol. The van der Waals surface area contributed by atoms with Crippen molar-refractivity contribution in [1.82, 2.24) is 24.3 Å². The Kier molecular flexibility index (Phi) is 6.35. The Hall–Kier alpha value is -1.62. The zero-order chi connectivity index (χ0) is 22.3. The van der Waals surface area contributed by atoms with Gasteiger partial charge in [-0.25, -0.2) is 14.8 Å². The van der Waals surface area contributed by atoms with Crippen LogP contribution in [0.4, 0.5) is 10.6 Å². The van der Waals surface area contributed by atoms with Crippen molar-refractivity contribution in [3.8, 4) is 0 Å². The highest BCUT2D eigenvalue weighted by molar-refractivity contribution is 14.1. The third-order valence-corrected chi connectivity index (χ3v) is 7.27. The summed E-state index contributed by atoms with van der Waals surface area (Å²) in [4.78, 5) is 25.6. The lowest BCUT2D eigenvalue weighted by molar-refractivity contribution is -0.00809. The van der Waals surface area contributed by atoms with Gasteiger partial charge in [-0.2, -0.15) is 0 Å². The topological polar surface area (TPSA) is 89.5 Å². The van der Waals surface area contributed by atoms with E-state index in [0.29, 0.717) is 17.9 Å². The van der Waals surface area contributed by atoms with Crippen LogP contribution in [-0.4, -0.2) is 67.7 Å². The van der Waals surface area contributed by atoms with E-state index in [1.54, 1.807) is 6.33 Å². The van der Waals surface area contributed by atoms with Crippen molar-refractivity contribution >= 4 is 45.5 Å². The zero-order valence-electron chi connectivity index (χ0n) is 18.8. The fourth-order valence-corrected chi connectivity index (χ4v) is 5.77. The van der Waals surface area contributed by atoms with Crippen molar-refractivity contribution < 1.29 is 9.53 Å². The number of nitrogens with zero attached hydrogens (tertiary/aromatic N) is 5. The van der Waals surface area contributed by atoms with Gasteiger partial charge in [0.25, 0.3) is 0 Å². The molecule has 2 aromatic heterocycles. The van der Waals surface area contributed by atoms with Gasteiger partial charge < -0.3 is 19.9 Å². The molecule has 8 nitrogen and oxygen atoms in total. The third-order valence-electron chi connectivity index (χ3n) is 6.46. The number of fused-ring (bicyclic) bond motifs is 1. The molecule has 2 aliphatic rings. The summed E-state index contributed by atoms with van der Waals surface area (Å²) in [7, 11) is 0. The number of nitrogens with two attached hydrogens (primary N) is 1. The SMILES string of the molecule is C[C@H]1CN(C2CCC(n3cc(I)c4c(N)ncnc43)CC2)CCN1C(=O)OC(C)(C)C. The number of aromatic nitrogens is 3. The van der Waals surface area contributed by atoms with E-state index in [4.69, 9.17) is 10.5 Å². The second kappa shape index (κ2) is 8.73. The molecule has 0 aromatic carbocycles. The average Bonchev–Trinajstić information content (AvgIpc) is 3.04. The largest absolute Gasteiger partial charge is 0.444 e. The van der Waals surface area contributed by atoms with Gasteiger partial charge in [-0.05, 0) is 76.0 Å². The maximum Gasteiger partial charge on any atom is 0.410 e. The number of ether oxygens (including phenoxy) is 1. The number of rotatable bonds is 2. The van der Waals surface area contributed by atoms with Crippen LogP contribution in [0.15, 0.2) is 12.5 Å². The molecule has 9 heteroatoms. The van der Waals surface area contributed by atoms with Gasteiger partial charge in [0, 0.05) is 47.5 Å². The van der Waals surface area contributed by atoms with Gasteiger partial charge in [0.15, 0.2) is 0 Å². The Balaban J connectivity index is 1.36. The monoisotopic (exact) mass is 540 g/mol. The van der Waals surface area contributed by atoms with Gasteiger partial charge in [0.2, 0.25) is 0 Å². The molecule has 0 bridgehead atoms. The molecule has 1 amide bonds. The number of carbonyl (C=O) groups is 1. The summed E-state index contributed by atoms with van der Waals surface area (Å²) < 4.78 is 8.99. The lowest BCUT2D eigenvalue weighted by Crippen LogP contribution is -2.57. The van der Waals surface area contributed by atoms with Gasteiger partial charge in [-0.1, -0.05) is 0 Å². The first-order valence-corrected chi connectivity index (χ1v) is 12.2. The number of amides is 1. The molecule has 2 fully saturated rings. The summed E-state index contributed by atoms with van der Waals surface area (Å²) in [6, 6.07) is 1.17. The minimum Gasteiger partial charge on any atom is -0.444 e. The molecule has 1 saturated heterocycles. The quantitative estimate of drug-likeness (QED) is 0.579. The van der Waals surface area contributed by atoms with E-state index in [-0.39, 0.29) is 12.1 Å². The summed E-state index contributed by atoms with van der Waals surface area (Å²) in [6.07, 6.45) is 8.08. The molecule has 170 valence electrons. The van der Waals surface area contributed by atoms with E-state index in [2.05, 4.69) is 55.1 Å². The molecule has 1 aliphatic heterocycles. The molecule has 3 heterocycles.